The molecule has 0 amide bonds. The van der Waals surface area contributed by atoms with Crippen LogP contribution in [0, 0.1) is 0 Å². The summed E-state index contributed by atoms with van der Waals surface area (Å²) < 4.78 is 266. The predicted octanol–water partition coefficient (Wildman–Crippen LogP) is 4.35. The van der Waals surface area contributed by atoms with E-state index >= 15 is 0 Å². The third kappa shape index (κ3) is 23.6. The average Bonchev–Trinajstić information content (AvgIpc) is 1.47. The third-order valence-electron chi connectivity index (χ3n) is 16.1. The first-order valence-electron chi connectivity index (χ1n) is 33.2. The van der Waals surface area contributed by atoms with Crippen LogP contribution in [-0.4, -0.2) is 277 Å². The molecule has 1 fully saturated rings. The van der Waals surface area contributed by atoms with Gasteiger partial charge in [-0.15, -0.1) is 0 Å². The van der Waals surface area contributed by atoms with Gasteiger partial charge in [-0.2, -0.15) is 8.61 Å². The number of unbranched alkanes of at least 4 members (excludes halogenated alkanes) is 1. The Morgan fingerprint density at radius 2 is 0.720 bits per heavy atom. The van der Waals surface area contributed by atoms with Crippen molar-refractivity contribution in [3.05, 3.63) is 103 Å². The molecule has 13 rings (SSSR count). The molecule has 6 atom stereocenters. The molecule has 42 nitrogen and oxygen atoms in total. The van der Waals surface area contributed by atoms with E-state index in [1.807, 2.05) is 6.92 Å². The van der Waals surface area contributed by atoms with Crippen molar-refractivity contribution >= 4 is 210 Å². The van der Waals surface area contributed by atoms with Crippen LogP contribution in [-0.2, 0) is 114 Å². The number of ether oxygens (including phenoxy) is 3. The fraction of sp³-hybridized carbons (Fsp3) is 0.262. The van der Waals surface area contributed by atoms with Crippen LogP contribution in [0.25, 0.3) is 66.2 Å². The minimum atomic E-state index is -3.82. The molecule has 0 radical (unpaired) electrons. The first-order chi connectivity index (χ1) is 54.0. The number of hydrogen-bond acceptors (Lipinski definition) is 25. The molecule has 0 saturated carbocycles. The number of benzene rings is 6. The number of sulfonamides is 5. The molecule has 0 aliphatic carbocycles. The number of H-pyrrole nitrogens is 6. The zero-order valence-electron chi connectivity index (χ0n) is 63.0. The van der Waals surface area contributed by atoms with Gasteiger partial charge < -0.3 is 71.4 Å². The summed E-state index contributed by atoms with van der Waals surface area (Å²) in [6.45, 7) is 7.94. The number of nitrogens with zero attached hydrogens (tertiary/aromatic N) is 9. The van der Waals surface area contributed by atoms with E-state index in [2.05, 4.69) is 99.8 Å². The molecular weight excluding hydrogens is 1770 g/mol. The molecule has 1 aliphatic heterocycles. The summed E-state index contributed by atoms with van der Waals surface area (Å²) in [5.41, 5.74) is 4.87. The molecule has 6 unspecified atom stereocenters. The van der Waals surface area contributed by atoms with Crippen molar-refractivity contribution in [3.63, 3.8) is 0 Å². The van der Waals surface area contributed by atoms with Crippen molar-refractivity contribution in [2.24, 2.45) is 5.14 Å². The molecule has 15 N–H and O–H groups in total. The maximum atomic E-state index is 12.6. The van der Waals surface area contributed by atoms with E-state index in [0.717, 1.165) is 17.1 Å². The van der Waals surface area contributed by atoms with Gasteiger partial charge in [0.15, 0.2) is 11.5 Å². The highest BCUT2D eigenvalue weighted by molar-refractivity contribution is 7.96. The van der Waals surface area contributed by atoms with Crippen LogP contribution >= 0.6 is 0 Å². The van der Waals surface area contributed by atoms with E-state index in [9.17, 15) is 94.7 Å². The lowest BCUT2D eigenvalue weighted by molar-refractivity contribution is 0.0730. The van der Waals surface area contributed by atoms with Gasteiger partial charge in [0.25, 0.3) is 0 Å². The van der Waals surface area contributed by atoms with Crippen LogP contribution in [0.1, 0.15) is 41.0 Å². The number of aromatic amines is 6. The highest BCUT2D eigenvalue weighted by Crippen LogP contribution is 2.32. The molecule has 53 heteroatoms. The minimum Gasteiger partial charge on any atom is -0.493 e. The number of aromatic nitrogens is 12. The van der Waals surface area contributed by atoms with Crippen molar-refractivity contribution in [2.75, 3.05) is 74.3 Å². The number of primary sulfonamides is 1. The molecule has 12 aromatic rings. The lowest BCUT2D eigenvalue weighted by atomic mass is 10.3. The monoisotopic (exact) mass is 1860 g/mol. The van der Waals surface area contributed by atoms with E-state index in [1.54, 1.807) is 26.0 Å². The highest BCUT2D eigenvalue weighted by Gasteiger charge is 2.29. The van der Waals surface area contributed by atoms with Crippen molar-refractivity contribution < 1.29 is 109 Å². The fourth-order valence-corrected chi connectivity index (χ4v) is 18.7. The summed E-state index contributed by atoms with van der Waals surface area (Å²) in [7, 11) is -33.0. The fourth-order valence-electron chi connectivity index (χ4n) is 10.2. The second-order valence-corrected chi connectivity index (χ2v) is 44.3. The summed E-state index contributed by atoms with van der Waals surface area (Å²) in [5.74, 6) is 19.7. The molecule has 0 bridgehead atoms. The smallest absolute Gasteiger partial charge is 0.243 e. The molecular formula is C65H87N17O25S11. The maximum absolute atomic E-state index is 12.6. The molecule has 0 spiro atoms. The first kappa shape index (κ1) is 96.3. The van der Waals surface area contributed by atoms with Gasteiger partial charge >= 0.3 is 0 Å². The number of imidazole rings is 6. The van der Waals surface area contributed by atoms with E-state index in [1.165, 1.54) is 128 Å². The Bertz CT molecular complexity index is 7030. The van der Waals surface area contributed by atoms with Crippen LogP contribution in [0.15, 0.2) is 159 Å². The molecule has 7 heterocycles. The van der Waals surface area contributed by atoms with Gasteiger partial charge in [-0.05, 0) is 133 Å². The normalized spacial score (nSPS) is 16.1. The van der Waals surface area contributed by atoms with E-state index in [4.69, 9.17) is 19.3 Å². The summed E-state index contributed by atoms with van der Waals surface area (Å²) in [6.07, 6.45) is 1.64. The van der Waals surface area contributed by atoms with Crippen molar-refractivity contribution in [2.45, 2.75) is 96.5 Å². The lowest BCUT2D eigenvalue weighted by Crippen LogP contribution is -2.40. The zero-order chi connectivity index (χ0) is 87.4. The van der Waals surface area contributed by atoms with Crippen LogP contribution < -0.4 is 19.3 Å². The Hall–Kier alpha value is -8.87. The van der Waals surface area contributed by atoms with Crippen LogP contribution in [0.5, 0.6) is 11.5 Å². The van der Waals surface area contributed by atoms with Crippen LogP contribution in [0.4, 0.5) is 0 Å². The van der Waals surface area contributed by atoms with Gasteiger partial charge in [-0.25, -0.2) is 111 Å². The lowest BCUT2D eigenvalue weighted by Gasteiger charge is -2.25. The van der Waals surface area contributed by atoms with E-state index in [0.29, 0.717) is 124 Å². The second-order valence-electron chi connectivity index (χ2n) is 24.9. The summed E-state index contributed by atoms with van der Waals surface area (Å²) in [5, 5.41) is 3.98. The third-order valence-corrected chi connectivity index (χ3v) is 29.0. The number of nitrogens with one attached hydrogen (secondary N) is 7. The summed E-state index contributed by atoms with van der Waals surface area (Å²) in [6, 6.07) is 24.3. The van der Waals surface area contributed by atoms with Gasteiger partial charge in [0.1, 0.15) is 58.8 Å². The number of fused-ring (bicyclic) bond motifs is 6. The molecule has 648 valence electrons. The van der Waals surface area contributed by atoms with Gasteiger partial charge in [0.05, 0.1) is 118 Å². The first-order valence-corrected chi connectivity index (χ1v) is 50.6. The Labute approximate surface area is 681 Å². The second kappa shape index (κ2) is 37.0. The van der Waals surface area contributed by atoms with Crippen molar-refractivity contribution in [3.8, 4) is 11.5 Å². The zero-order valence-corrected chi connectivity index (χ0v) is 71.9. The number of methoxy groups -OCH3 is 2. The van der Waals surface area contributed by atoms with E-state index in [-0.39, 0.29) is 62.8 Å². The average molecular weight is 1860 g/mol. The van der Waals surface area contributed by atoms with Gasteiger partial charge in [0, 0.05) is 59.0 Å². The number of hydrogen-bond donors (Lipinski definition) is 14. The van der Waals surface area contributed by atoms with Crippen molar-refractivity contribution in [1.29, 1.82) is 0 Å². The van der Waals surface area contributed by atoms with Crippen molar-refractivity contribution in [1.82, 2.24) is 77.4 Å². The van der Waals surface area contributed by atoms with Crippen LogP contribution in [0.3, 0.4) is 0 Å². The predicted molar refractivity (Wildman–Crippen MR) is 455 cm³/mol. The Morgan fingerprint density at radius 3 is 1.04 bits per heavy atom. The standard InChI is InChI=1S/C12H15N3O5S2.2C12H17N3O4S2.C10H13N3O4S2.C10H12N2O4S.C8H9N3O4S2.CH4/c1-21(16,17)12-13-10-3-2-9(8-11(10)14-12)22(18,19)15-4-6-20-7-5-15;1-4-15(5-2)21(18,19)9-6-7-10-11(8-9)14-12(13-10)20(3,16)17;1-3-4-7-13-21(18,19)9-5-6-10-11(8-9)15-12(14-10)20(2,16)17;1-13(2)19(16,17)7-4-5-8-9(6-7)12-10(11-8)18(3,14)15;1-15-8-4-6-7(5-9(8)16-2)12-10(11-6)17(3,13)14;1-16(12,13)8-10-6-3-2-5(17(9,14)15)4-7(6)11-8;/h2-3,8H,1,4-7H2,(H,13,14)(H,16,17);6-8H,3-5H2,1-2H3,(H,13,14)(H,16,17);5-6,8,13H,2-4,7H2,1H3,(H,14,15)(H,16,17);4-6H,3H2,1-2H3,(H,11,12)(H,14,15);4-5H,3H2,1-2H3,(H,11,12)(H,13,14);2-4H,1H2,(H,10,11)(H,12,13)(H2,9,14,15);1H4. The maximum Gasteiger partial charge on any atom is 0.243 e. The Balaban J connectivity index is 0.000000196. The topological polar surface area (TPSA) is 642 Å². The Kier molecular flexibility index (Phi) is 30.2. The summed E-state index contributed by atoms with van der Waals surface area (Å²) >= 11 is 0. The highest BCUT2D eigenvalue weighted by atomic mass is 32.2. The summed E-state index contributed by atoms with van der Waals surface area (Å²) in [4.78, 5) is 39.6. The molecule has 1 aliphatic rings. The molecule has 6 aromatic heterocycles. The van der Waals surface area contributed by atoms with Gasteiger partial charge in [-0.1, -0.05) is 34.6 Å². The van der Waals surface area contributed by atoms with Gasteiger partial charge in [0.2, 0.25) is 81.1 Å². The van der Waals surface area contributed by atoms with E-state index < -0.39 is 109 Å². The molecule has 1 saturated heterocycles. The largest absolute Gasteiger partial charge is 0.493 e. The molecule has 6 aromatic carbocycles. The Morgan fingerprint density at radius 1 is 0.432 bits per heavy atom. The number of morpholine rings is 1. The van der Waals surface area contributed by atoms with Crippen LogP contribution in [0.2, 0.25) is 0 Å². The molecule has 118 heavy (non-hydrogen) atoms. The quantitative estimate of drug-likeness (QED) is 0.0331. The number of nitrogens with two attached hydrogens (primary N) is 1. The minimum absolute atomic E-state index is 0. The SMILES string of the molecule is C.C=S(=O)(O)c1nc2cc(OC)c(OC)cc2[nH]1.C=S(=O)(O)c1nc2ccc(S(=O)(=O)N(C)C)cc2[nH]1.C=S(=O)(O)c1nc2ccc(S(=O)(=O)N(CC)CC)cc2[nH]1.C=S(=O)(O)c1nc2ccc(S(=O)(=O)N3CCOCC3)cc2[nH]1.C=S(=O)(O)c1nc2ccc(S(=O)(=O)NCCCC)cc2[nH]1.C=S(=O)(O)c1nc2ccc(S(N)(=O)=O)cc2[nH]1. The number of rotatable bonds is 22. The van der Waals surface area contributed by atoms with Gasteiger partial charge in [-0.3, -0.25) is 0 Å².